The summed E-state index contributed by atoms with van der Waals surface area (Å²) < 4.78 is 33.5. The third-order valence-electron chi connectivity index (χ3n) is 4.05. The summed E-state index contributed by atoms with van der Waals surface area (Å²) in [5.41, 5.74) is 2.43. The predicted octanol–water partition coefficient (Wildman–Crippen LogP) is 3.63. The number of carbonyl (C=O) groups excluding carboxylic acids is 1. The molecule has 0 aliphatic heterocycles. The molecule has 0 fully saturated rings. The van der Waals surface area contributed by atoms with Crippen molar-refractivity contribution in [3.63, 3.8) is 0 Å². The van der Waals surface area contributed by atoms with Gasteiger partial charge >= 0.3 is 0 Å². The van der Waals surface area contributed by atoms with Crippen molar-refractivity contribution in [2.24, 2.45) is 4.40 Å². The van der Waals surface area contributed by atoms with E-state index in [4.69, 9.17) is 0 Å². The lowest BCUT2D eigenvalue weighted by Crippen LogP contribution is -2.00. The highest BCUT2D eigenvalue weighted by Crippen LogP contribution is 2.21. The molecule has 6 heteroatoms. The molecule has 0 heterocycles. The van der Waals surface area contributed by atoms with Gasteiger partial charge in [0.2, 0.25) is 0 Å². The van der Waals surface area contributed by atoms with E-state index in [2.05, 4.69) is 9.13 Å². The van der Waals surface area contributed by atoms with Crippen molar-refractivity contribution in [3.05, 3.63) is 77.4 Å². The predicted molar refractivity (Wildman–Crippen MR) is 101 cm³/mol. The van der Waals surface area contributed by atoms with E-state index in [1.165, 1.54) is 18.3 Å². The van der Waals surface area contributed by atoms with E-state index >= 15 is 0 Å². The molecule has 3 aromatic rings. The first-order valence-electron chi connectivity index (χ1n) is 7.94. The van der Waals surface area contributed by atoms with Crippen molar-refractivity contribution >= 4 is 33.5 Å². The van der Waals surface area contributed by atoms with Gasteiger partial charge in [0.05, 0.1) is 4.90 Å². The fourth-order valence-corrected chi connectivity index (χ4v) is 3.49. The van der Waals surface area contributed by atoms with Crippen LogP contribution >= 0.6 is 0 Å². The average molecular weight is 367 g/mol. The lowest BCUT2D eigenvalue weighted by atomic mass is 10.0. The quantitative estimate of drug-likeness (QED) is 0.493. The van der Waals surface area contributed by atoms with Crippen LogP contribution in [0.4, 0.5) is 0 Å². The molecule has 0 N–H and O–H groups in total. The molecular weight excluding hydrogens is 350 g/mol. The van der Waals surface area contributed by atoms with Crippen LogP contribution in [0.1, 0.15) is 16.7 Å². The second-order valence-corrected chi connectivity index (χ2v) is 7.41. The van der Waals surface area contributed by atoms with Crippen LogP contribution in [-0.2, 0) is 26.2 Å². The molecule has 132 valence electrons. The van der Waals surface area contributed by atoms with Crippen molar-refractivity contribution in [1.29, 1.82) is 0 Å². The number of benzene rings is 3. The van der Waals surface area contributed by atoms with Crippen LogP contribution in [0.5, 0.6) is 0 Å². The summed E-state index contributed by atoms with van der Waals surface area (Å²) in [5, 5.41) is 1.98. The van der Waals surface area contributed by atoms with Crippen LogP contribution in [-0.4, -0.2) is 21.1 Å². The minimum atomic E-state index is -3.82. The van der Waals surface area contributed by atoms with E-state index in [0.29, 0.717) is 12.0 Å². The molecule has 0 unspecified atom stereocenters. The first kappa shape index (κ1) is 17.8. The Hall–Kier alpha value is -2.99. The van der Waals surface area contributed by atoms with Gasteiger partial charge in [-0.1, -0.05) is 48.5 Å². The Balaban J connectivity index is 1.92. The average Bonchev–Trinajstić information content (AvgIpc) is 2.66. The molecule has 0 aromatic heterocycles. The van der Waals surface area contributed by atoms with Gasteiger partial charge in [0.1, 0.15) is 6.61 Å². The number of carbonyl (C=O) groups is 1. The number of hydrogen-bond donors (Lipinski definition) is 0. The van der Waals surface area contributed by atoms with E-state index in [-0.39, 0.29) is 11.5 Å². The van der Waals surface area contributed by atoms with Gasteiger partial charge < -0.3 is 4.74 Å². The van der Waals surface area contributed by atoms with Gasteiger partial charge in [-0.25, -0.2) is 0 Å². The molecule has 0 spiro atoms. The van der Waals surface area contributed by atoms with E-state index < -0.39 is 10.0 Å². The zero-order valence-corrected chi connectivity index (χ0v) is 14.9. The van der Waals surface area contributed by atoms with Crippen LogP contribution in [0.2, 0.25) is 0 Å². The third kappa shape index (κ3) is 3.81. The zero-order chi connectivity index (χ0) is 18.6. The number of sulfonamides is 1. The lowest BCUT2D eigenvalue weighted by Gasteiger charge is -2.06. The Kier molecular flexibility index (Phi) is 5.14. The summed E-state index contributed by atoms with van der Waals surface area (Å²) in [5.74, 6) is 0. The Bertz CT molecular complexity index is 1070. The van der Waals surface area contributed by atoms with Crippen molar-refractivity contribution in [2.45, 2.75) is 18.4 Å². The van der Waals surface area contributed by atoms with Crippen LogP contribution in [0.15, 0.2) is 70.0 Å². The Morgan fingerprint density at radius 3 is 2.46 bits per heavy atom. The number of aryl methyl sites for hydroxylation is 1. The molecule has 26 heavy (non-hydrogen) atoms. The zero-order valence-electron chi connectivity index (χ0n) is 14.1. The molecule has 0 aliphatic carbocycles. The van der Waals surface area contributed by atoms with Gasteiger partial charge in [0, 0.05) is 11.8 Å². The maximum Gasteiger partial charge on any atom is 0.293 e. The summed E-state index contributed by atoms with van der Waals surface area (Å²) in [6.45, 7) is 2.37. The van der Waals surface area contributed by atoms with Gasteiger partial charge in [-0.3, -0.25) is 4.79 Å². The van der Waals surface area contributed by atoms with Crippen LogP contribution in [0.3, 0.4) is 0 Å². The van der Waals surface area contributed by atoms with E-state index in [1.807, 2.05) is 43.3 Å². The Morgan fingerprint density at radius 1 is 1.00 bits per heavy atom. The molecule has 3 rings (SSSR count). The fraction of sp³-hybridized carbons (Fsp3) is 0.100. The maximum absolute atomic E-state index is 12.5. The van der Waals surface area contributed by atoms with Gasteiger partial charge in [0.25, 0.3) is 16.5 Å². The number of ether oxygens (including phenoxy) is 1. The molecule has 0 bridgehead atoms. The molecular formula is C20H17NO4S. The Morgan fingerprint density at radius 2 is 1.73 bits per heavy atom. The van der Waals surface area contributed by atoms with E-state index in [1.54, 1.807) is 12.1 Å². The highest BCUT2D eigenvalue weighted by molar-refractivity contribution is 7.90. The van der Waals surface area contributed by atoms with Crippen LogP contribution < -0.4 is 0 Å². The van der Waals surface area contributed by atoms with Crippen molar-refractivity contribution < 1.29 is 17.9 Å². The summed E-state index contributed by atoms with van der Waals surface area (Å²) in [6.07, 6.45) is 1.40. The first-order chi connectivity index (χ1) is 12.5. The second-order valence-electron chi connectivity index (χ2n) is 5.78. The van der Waals surface area contributed by atoms with E-state index in [9.17, 15) is 13.2 Å². The highest BCUT2D eigenvalue weighted by atomic mass is 32.2. The molecule has 0 aliphatic rings. The molecule has 0 amide bonds. The maximum atomic E-state index is 12.5. The topological polar surface area (TPSA) is 72.8 Å². The summed E-state index contributed by atoms with van der Waals surface area (Å²) in [7, 11) is -3.82. The lowest BCUT2D eigenvalue weighted by molar-refractivity contribution is -0.129. The molecule has 0 radical (unpaired) electrons. The number of rotatable bonds is 6. The van der Waals surface area contributed by atoms with E-state index in [0.717, 1.165) is 21.9 Å². The monoisotopic (exact) mass is 367 g/mol. The largest absolute Gasteiger partial charge is 0.463 e. The molecule has 0 atom stereocenters. The first-order valence-corrected chi connectivity index (χ1v) is 9.38. The SMILES string of the molecule is Cc1ccc2ccccc2c1/C=N/S(=O)(=O)c1ccc(COC=O)cc1. The van der Waals surface area contributed by atoms with Crippen molar-refractivity contribution in [2.75, 3.05) is 0 Å². The van der Waals surface area contributed by atoms with Crippen LogP contribution in [0.25, 0.3) is 10.8 Å². The number of fused-ring (bicyclic) bond motifs is 1. The van der Waals surface area contributed by atoms with Gasteiger partial charge in [-0.05, 0) is 41.0 Å². The second kappa shape index (κ2) is 7.49. The molecule has 3 aromatic carbocycles. The Labute approximate surface area is 152 Å². The minimum absolute atomic E-state index is 0.0847. The van der Waals surface area contributed by atoms with Gasteiger partial charge in [-0.15, -0.1) is 0 Å². The normalized spacial score (nSPS) is 11.7. The standard InChI is InChI=1S/C20H17NO4S/c1-15-6-9-17-4-2-3-5-19(17)20(15)12-21-26(23,24)18-10-7-16(8-11-18)13-25-14-22/h2-12,14H,13H2,1H3/b21-12+. The van der Waals surface area contributed by atoms with Crippen molar-refractivity contribution in [3.8, 4) is 0 Å². The number of nitrogens with zero attached hydrogens (tertiary/aromatic N) is 1. The van der Waals surface area contributed by atoms with Crippen LogP contribution in [0, 0.1) is 6.92 Å². The molecule has 0 saturated carbocycles. The van der Waals surface area contributed by atoms with Gasteiger partial charge in [-0.2, -0.15) is 12.8 Å². The highest BCUT2D eigenvalue weighted by Gasteiger charge is 2.12. The third-order valence-corrected chi connectivity index (χ3v) is 5.30. The summed E-state index contributed by atoms with van der Waals surface area (Å²) >= 11 is 0. The summed E-state index contributed by atoms with van der Waals surface area (Å²) in [4.78, 5) is 10.3. The summed E-state index contributed by atoms with van der Waals surface area (Å²) in [6, 6.07) is 17.8. The minimum Gasteiger partial charge on any atom is -0.463 e. The smallest absolute Gasteiger partial charge is 0.293 e. The molecule has 5 nitrogen and oxygen atoms in total. The number of hydrogen-bond acceptors (Lipinski definition) is 4. The van der Waals surface area contributed by atoms with Gasteiger partial charge in [0.15, 0.2) is 0 Å². The fourth-order valence-electron chi connectivity index (χ4n) is 2.65. The van der Waals surface area contributed by atoms with Crippen molar-refractivity contribution in [1.82, 2.24) is 0 Å². The molecule has 0 saturated heterocycles.